The molecule has 5 rings (SSSR count). The molecule has 3 N–H and O–H groups in total. The number of carbonyl (C=O) groups excluding carboxylic acids is 1. The Morgan fingerprint density at radius 3 is 3.00 bits per heavy atom. The SMILES string of the molecule is [2H]C([2H])(c1c[nH]c2ncccc12)N1CCc2c(NC(=O)Nc3cccc(F)c3)cccc21. The molecule has 0 spiro atoms. The van der Waals surface area contributed by atoms with Gasteiger partial charge in [0.1, 0.15) is 11.5 Å². The first-order valence-electron chi connectivity index (χ1n) is 10.6. The van der Waals surface area contributed by atoms with Crippen LogP contribution < -0.4 is 15.5 Å². The van der Waals surface area contributed by atoms with E-state index in [0.29, 0.717) is 35.6 Å². The van der Waals surface area contributed by atoms with E-state index in [9.17, 15) is 9.18 Å². The van der Waals surface area contributed by atoms with Gasteiger partial charge >= 0.3 is 6.03 Å². The van der Waals surface area contributed by atoms with E-state index >= 15 is 0 Å². The molecule has 0 fully saturated rings. The van der Waals surface area contributed by atoms with Crippen molar-refractivity contribution in [2.24, 2.45) is 0 Å². The second-order valence-corrected chi connectivity index (χ2v) is 7.01. The Kier molecular flexibility index (Phi) is 4.00. The van der Waals surface area contributed by atoms with Gasteiger partial charge in [0.15, 0.2) is 0 Å². The number of aromatic nitrogens is 2. The number of pyridine rings is 1. The van der Waals surface area contributed by atoms with Crippen molar-refractivity contribution in [2.45, 2.75) is 12.9 Å². The zero-order valence-corrected chi connectivity index (χ0v) is 15.9. The van der Waals surface area contributed by atoms with E-state index in [0.717, 1.165) is 16.6 Å². The molecular formula is C23H20FN5O. The Hall–Kier alpha value is -3.87. The largest absolute Gasteiger partial charge is 0.367 e. The minimum Gasteiger partial charge on any atom is -0.367 e. The molecule has 0 saturated carbocycles. The molecule has 2 amide bonds. The maximum absolute atomic E-state index is 13.4. The van der Waals surface area contributed by atoms with Crippen LogP contribution in [-0.4, -0.2) is 22.5 Å². The van der Waals surface area contributed by atoms with Crippen molar-refractivity contribution in [3.05, 3.63) is 83.9 Å². The predicted octanol–water partition coefficient (Wildman–Crippen LogP) is 4.91. The summed E-state index contributed by atoms with van der Waals surface area (Å²) in [5.74, 6) is -0.436. The Morgan fingerprint density at radius 1 is 1.20 bits per heavy atom. The van der Waals surface area contributed by atoms with Gasteiger partial charge in [-0.05, 0) is 54.4 Å². The number of carbonyl (C=O) groups is 1. The maximum atomic E-state index is 13.4. The second kappa shape index (κ2) is 7.51. The standard InChI is InChI=1S/C23H20FN5O/c24-16-4-1-5-17(12-16)27-23(30)28-20-7-2-8-21-19(20)9-11-29(21)14-15-13-26-22-18(15)6-3-10-25-22/h1-8,10,12-13H,9,11,14H2,(H,25,26)(H2,27,28,30)/i14D2. The van der Waals surface area contributed by atoms with Crippen LogP contribution in [0.25, 0.3) is 11.0 Å². The second-order valence-electron chi connectivity index (χ2n) is 7.01. The molecule has 6 nitrogen and oxygen atoms in total. The Balaban J connectivity index is 1.41. The van der Waals surface area contributed by atoms with Crippen LogP contribution in [0.15, 0.2) is 67.0 Å². The molecule has 0 saturated heterocycles. The highest BCUT2D eigenvalue weighted by Gasteiger charge is 2.23. The smallest absolute Gasteiger partial charge is 0.323 e. The first-order chi connectivity index (χ1) is 15.4. The van der Waals surface area contributed by atoms with Crippen molar-refractivity contribution in [3.8, 4) is 0 Å². The molecule has 1 aliphatic rings. The van der Waals surface area contributed by atoms with Gasteiger partial charge in [0.05, 0.1) is 2.74 Å². The van der Waals surface area contributed by atoms with Crippen molar-refractivity contribution in [2.75, 3.05) is 22.1 Å². The molecule has 0 atom stereocenters. The summed E-state index contributed by atoms with van der Waals surface area (Å²) >= 11 is 0. The summed E-state index contributed by atoms with van der Waals surface area (Å²) < 4.78 is 31.1. The monoisotopic (exact) mass is 403 g/mol. The summed E-state index contributed by atoms with van der Waals surface area (Å²) in [6, 6.07) is 14.2. The number of hydrogen-bond donors (Lipinski definition) is 3. The van der Waals surface area contributed by atoms with Crippen molar-refractivity contribution >= 4 is 34.1 Å². The fourth-order valence-corrected chi connectivity index (χ4v) is 3.71. The molecule has 1 aliphatic heterocycles. The summed E-state index contributed by atoms with van der Waals surface area (Å²) in [7, 11) is 0. The van der Waals surface area contributed by atoms with Crippen molar-refractivity contribution < 1.29 is 11.9 Å². The first-order valence-corrected chi connectivity index (χ1v) is 9.59. The summed E-state index contributed by atoms with van der Waals surface area (Å²) in [6.45, 7) is -1.32. The van der Waals surface area contributed by atoms with Gasteiger partial charge in [0.25, 0.3) is 0 Å². The first kappa shape index (κ1) is 16.0. The molecule has 0 radical (unpaired) electrons. The Bertz CT molecular complexity index is 1320. The van der Waals surface area contributed by atoms with Gasteiger partial charge < -0.3 is 20.5 Å². The summed E-state index contributed by atoms with van der Waals surface area (Å²) in [5, 5.41) is 6.16. The highest BCUT2D eigenvalue weighted by atomic mass is 19.1. The van der Waals surface area contributed by atoms with Gasteiger partial charge in [-0.3, -0.25) is 0 Å². The number of amides is 2. The number of halogens is 1. The lowest BCUT2D eigenvalue weighted by Gasteiger charge is -2.19. The van der Waals surface area contributed by atoms with E-state index in [2.05, 4.69) is 20.6 Å². The van der Waals surface area contributed by atoms with Crippen LogP contribution >= 0.6 is 0 Å². The summed E-state index contributed by atoms with van der Waals surface area (Å²) in [4.78, 5) is 21.5. The Morgan fingerprint density at radius 2 is 2.10 bits per heavy atom. The topological polar surface area (TPSA) is 73.0 Å². The highest BCUT2D eigenvalue weighted by Crippen LogP contribution is 2.35. The van der Waals surface area contributed by atoms with Crippen LogP contribution in [-0.2, 0) is 12.9 Å². The number of rotatable bonds is 4. The molecule has 0 unspecified atom stereocenters. The third-order valence-electron chi connectivity index (χ3n) is 5.06. The molecule has 0 bridgehead atoms. The molecule has 0 aliphatic carbocycles. The number of fused-ring (bicyclic) bond motifs is 2. The number of H-pyrrole nitrogens is 1. The van der Waals surface area contributed by atoms with E-state index in [1.54, 1.807) is 41.6 Å². The van der Waals surface area contributed by atoms with Crippen molar-refractivity contribution in [1.29, 1.82) is 0 Å². The van der Waals surface area contributed by atoms with Gasteiger partial charge in [0.2, 0.25) is 0 Å². The van der Waals surface area contributed by atoms with Crippen LogP contribution in [0, 0.1) is 5.82 Å². The number of nitrogens with zero attached hydrogens (tertiary/aromatic N) is 2. The quantitative estimate of drug-likeness (QED) is 0.453. The van der Waals surface area contributed by atoms with Gasteiger partial charge in [-0.15, -0.1) is 0 Å². The van der Waals surface area contributed by atoms with E-state index in [1.807, 2.05) is 12.1 Å². The van der Waals surface area contributed by atoms with Crippen LogP contribution in [0.2, 0.25) is 0 Å². The summed E-state index contributed by atoms with van der Waals surface area (Å²) in [5.41, 5.74) is 3.66. The zero-order chi connectivity index (χ0) is 22.3. The number of aromatic amines is 1. The van der Waals surface area contributed by atoms with Gasteiger partial charge in [-0.25, -0.2) is 14.2 Å². The number of nitrogens with one attached hydrogen (secondary N) is 3. The average molecular weight is 403 g/mol. The maximum Gasteiger partial charge on any atom is 0.323 e. The van der Waals surface area contributed by atoms with Crippen molar-refractivity contribution in [3.63, 3.8) is 0 Å². The van der Waals surface area contributed by atoms with Crippen molar-refractivity contribution in [1.82, 2.24) is 9.97 Å². The number of urea groups is 1. The zero-order valence-electron chi connectivity index (χ0n) is 17.9. The lowest BCUT2D eigenvalue weighted by molar-refractivity contribution is 0.262. The van der Waals surface area contributed by atoms with E-state index in [1.165, 1.54) is 18.2 Å². The minimum atomic E-state index is -1.78. The minimum absolute atomic E-state index is 0.348. The lowest BCUT2D eigenvalue weighted by Crippen LogP contribution is -2.20. The third kappa shape index (κ3) is 3.45. The van der Waals surface area contributed by atoms with Gasteiger partial charge in [0, 0.05) is 53.4 Å². The molecule has 150 valence electrons. The predicted molar refractivity (Wildman–Crippen MR) is 116 cm³/mol. The third-order valence-corrected chi connectivity index (χ3v) is 5.06. The fraction of sp³-hybridized carbons (Fsp3) is 0.130. The van der Waals surface area contributed by atoms with Crippen LogP contribution in [0.4, 0.5) is 26.2 Å². The number of benzene rings is 2. The van der Waals surface area contributed by atoms with Crippen LogP contribution in [0.1, 0.15) is 13.9 Å². The van der Waals surface area contributed by atoms with E-state index < -0.39 is 18.3 Å². The average Bonchev–Trinajstić information content (AvgIpc) is 3.39. The number of hydrogen-bond acceptors (Lipinski definition) is 3. The molecule has 30 heavy (non-hydrogen) atoms. The molecule has 3 heterocycles. The molecule has 2 aromatic carbocycles. The highest BCUT2D eigenvalue weighted by molar-refractivity contribution is 6.00. The normalized spacial score (nSPS) is 14.2. The molecule has 7 heteroatoms. The van der Waals surface area contributed by atoms with E-state index in [-0.39, 0.29) is 0 Å². The fourth-order valence-electron chi connectivity index (χ4n) is 3.71. The summed E-state index contributed by atoms with van der Waals surface area (Å²) in [6.07, 6.45) is 3.90. The van der Waals surface area contributed by atoms with Crippen LogP contribution in [0.5, 0.6) is 0 Å². The molecule has 4 aromatic rings. The van der Waals surface area contributed by atoms with Crippen LogP contribution in [0.3, 0.4) is 0 Å². The van der Waals surface area contributed by atoms with Gasteiger partial charge in [-0.1, -0.05) is 12.1 Å². The van der Waals surface area contributed by atoms with E-state index in [4.69, 9.17) is 2.74 Å². The lowest BCUT2D eigenvalue weighted by atomic mass is 10.1. The molecular weight excluding hydrogens is 381 g/mol. The van der Waals surface area contributed by atoms with Gasteiger partial charge in [-0.2, -0.15) is 0 Å². The number of anilines is 3. The Labute approximate surface area is 175 Å². The molecule has 2 aromatic heterocycles.